The molecule has 1 rings (SSSR count). The standard InChI is InChI=1S/C14H22BrClN2O2S/c1-4-18(9-5-8-17(2)3)21(19,20)14-7-6-12(11-16)10-13(14)15/h6-7,10H,4-5,8-9,11H2,1-3H3. The zero-order valence-corrected chi connectivity index (χ0v) is 15.8. The van der Waals surface area contributed by atoms with Crippen molar-refractivity contribution in [1.82, 2.24) is 9.21 Å². The van der Waals surface area contributed by atoms with Crippen molar-refractivity contribution in [2.24, 2.45) is 0 Å². The fourth-order valence-corrected chi connectivity index (χ4v) is 4.73. The quantitative estimate of drug-likeness (QED) is 0.633. The number of rotatable bonds is 8. The second kappa shape index (κ2) is 8.48. The second-order valence-electron chi connectivity index (χ2n) is 5.05. The molecule has 1 aromatic rings. The van der Waals surface area contributed by atoms with Gasteiger partial charge >= 0.3 is 0 Å². The van der Waals surface area contributed by atoms with Gasteiger partial charge in [0.15, 0.2) is 0 Å². The largest absolute Gasteiger partial charge is 0.309 e. The molecule has 4 nitrogen and oxygen atoms in total. The van der Waals surface area contributed by atoms with Crippen LogP contribution in [0.25, 0.3) is 0 Å². The minimum Gasteiger partial charge on any atom is -0.309 e. The number of hydrogen-bond donors (Lipinski definition) is 0. The zero-order chi connectivity index (χ0) is 16.0. The summed E-state index contributed by atoms with van der Waals surface area (Å²) in [5.74, 6) is 0.360. The summed E-state index contributed by atoms with van der Waals surface area (Å²) in [6.45, 7) is 3.69. The molecule has 0 aliphatic carbocycles. The molecule has 0 bridgehead atoms. The summed E-state index contributed by atoms with van der Waals surface area (Å²) in [5, 5.41) is 0. The molecule has 0 spiro atoms. The lowest BCUT2D eigenvalue weighted by molar-refractivity contribution is 0.356. The van der Waals surface area contributed by atoms with Crippen molar-refractivity contribution in [3.63, 3.8) is 0 Å². The van der Waals surface area contributed by atoms with E-state index < -0.39 is 10.0 Å². The highest BCUT2D eigenvalue weighted by atomic mass is 79.9. The monoisotopic (exact) mass is 396 g/mol. The van der Waals surface area contributed by atoms with Gasteiger partial charge in [0.25, 0.3) is 0 Å². The fraction of sp³-hybridized carbons (Fsp3) is 0.571. The van der Waals surface area contributed by atoms with Crippen LogP contribution in [0.2, 0.25) is 0 Å². The van der Waals surface area contributed by atoms with E-state index in [1.54, 1.807) is 18.2 Å². The molecule has 1 aromatic carbocycles. The third kappa shape index (κ3) is 5.21. The summed E-state index contributed by atoms with van der Waals surface area (Å²) >= 11 is 9.11. The zero-order valence-electron chi connectivity index (χ0n) is 12.6. The second-order valence-corrected chi connectivity index (χ2v) is 8.08. The first-order valence-electron chi connectivity index (χ1n) is 6.82. The lowest BCUT2D eigenvalue weighted by atomic mass is 10.2. The van der Waals surface area contributed by atoms with Gasteiger partial charge in [-0.1, -0.05) is 13.0 Å². The lowest BCUT2D eigenvalue weighted by Gasteiger charge is -2.22. The van der Waals surface area contributed by atoms with Crippen LogP contribution in [-0.2, 0) is 15.9 Å². The average Bonchev–Trinajstić information content (AvgIpc) is 2.42. The molecule has 0 saturated carbocycles. The molecular weight excluding hydrogens is 376 g/mol. The molecule has 21 heavy (non-hydrogen) atoms. The fourth-order valence-electron chi connectivity index (χ4n) is 1.99. The Morgan fingerprint density at radius 1 is 1.24 bits per heavy atom. The van der Waals surface area contributed by atoms with Gasteiger partial charge in [-0.15, -0.1) is 11.6 Å². The molecule has 0 radical (unpaired) electrons. The van der Waals surface area contributed by atoms with Crippen LogP contribution in [0.5, 0.6) is 0 Å². The van der Waals surface area contributed by atoms with Crippen molar-refractivity contribution in [2.75, 3.05) is 33.7 Å². The van der Waals surface area contributed by atoms with Crippen molar-refractivity contribution in [1.29, 1.82) is 0 Å². The highest BCUT2D eigenvalue weighted by molar-refractivity contribution is 9.10. The molecule has 0 atom stereocenters. The maximum Gasteiger partial charge on any atom is 0.244 e. The summed E-state index contributed by atoms with van der Waals surface area (Å²) in [7, 11) is 0.477. The van der Waals surface area contributed by atoms with Gasteiger partial charge in [-0.25, -0.2) is 8.42 Å². The molecule has 0 heterocycles. The average molecular weight is 398 g/mol. The predicted molar refractivity (Wildman–Crippen MR) is 91.3 cm³/mol. The van der Waals surface area contributed by atoms with Crippen molar-refractivity contribution < 1.29 is 8.42 Å². The molecule has 0 unspecified atom stereocenters. The van der Waals surface area contributed by atoms with Gasteiger partial charge in [0.1, 0.15) is 0 Å². The van der Waals surface area contributed by atoms with Crippen LogP contribution in [0.1, 0.15) is 18.9 Å². The van der Waals surface area contributed by atoms with E-state index >= 15 is 0 Å². The number of nitrogens with zero attached hydrogens (tertiary/aromatic N) is 2. The molecule has 0 aliphatic heterocycles. The van der Waals surface area contributed by atoms with Crippen molar-refractivity contribution >= 4 is 37.6 Å². The van der Waals surface area contributed by atoms with Gasteiger partial charge in [0.2, 0.25) is 10.0 Å². The normalized spacial score (nSPS) is 12.3. The van der Waals surface area contributed by atoms with Crippen LogP contribution in [0.3, 0.4) is 0 Å². The lowest BCUT2D eigenvalue weighted by Crippen LogP contribution is -2.33. The van der Waals surface area contributed by atoms with Crippen LogP contribution in [0, 0.1) is 0 Å². The number of sulfonamides is 1. The Morgan fingerprint density at radius 2 is 1.90 bits per heavy atom. The van der Waals surface area contributed by atoms with Gasteiger partial charge in [-0.05, 0) is 60.7 Å². The Morgan fingerprint density at radius 3 is 2.38 bits per heavy atom. The third-order valence-corrected chi connectivity index (χ3v) is 6.39. The number of hydrogen-bond acceptors (Lipinski definition) is 3. The van der Waals surface area contributed by atoms with E-state index in [1.165, 1.54) is 4.31 Å². The molecule has 0 fully saturated rings. The molecule has 0 aromatic heterocycles. The Bertz CT molecular complexity index is 564. The minimum atomic E-state index is -3.48. The smallest absolute Gasteiger partial charge is 0.244 e. The van der Waals surface area contributed by atoms with E-state index in [4.69, 9.17) is 11.6 Å². The van der Waals surface area contributed by atoms with E-state index in [0.29, 0.717) is 28.3 Å². The minimum absolute atomic E-state index is 0.295. The summed E-state index contributed by atoms with van der Waals surface area (Å²) in [6.07, 6.45) is 0.803. The highest BCUT2D eigenvalue weighted by Crippen LogP contribution is 2.26. The van der Waals surface area contributed by atoms with E-state index in [0.717, 1.165) is 18.5 Å². The number of alkyl halides is 1. The first-order valence-corrected chi connectivity index (χ1v) is 9.59. The maximum atomic E-state index is 12.7. The molecule has 0 N–H and O–H groups in total. The first kappa shape index (κ1) is 18.9. The SMILES string of the molecule is CCN(CCCN(C)C)S(=O)(=O)c1ccc(CCl)cc1Br. The molecule has 7 heteroatoms. The molecule has 0 amide bonds. The van der Waals surface area contributed by atoms with E-state index in [9.17, 15) is 8.42 Å². The Balaban J connectivity index is 2.96. The van der Waals surface area contributed by atoms with Gasteiger partial charge < -0.3 is 4.90 Å². The van der Waals surface area contributed by atoms with Crippen LogP contribution >= 0.6 is 27.5 Å². The molecular formula is C14H22BrClN2O2S. The van der Waals surface area contributed by atoms with Crippen molar-refractivity contribution in [3.8, 4) is 0 Å². The summed E-state index contributed by atoms with van der Waals surface area (Å²) in [6, 6.07) is 5.12. The summed E-state index contributed by atoms with van der Waals surface area (Å²) in [5.41, 5.74) is 0.887. The van der Waals surface area contributed by atoms with E-state index in [1.807, 2.05) is 25.9 Å². The van der Waals surface area contributed by atoms with Gasteiger partial charge in [-0.2, -0.15) is 4.31 Å². The van der Waals surface area contributed by atoms with Crippen LogP contribution in [0.15, 0.2) is 27.6 Å². The van der Waals surface area contributed by atoms with Gasteiger partial charge in [0, 0.05) is 23.4 Å². The number of benzene rings is 1. The Kier molecular flexibility index (Phi) is 7.64. The van der Waals surface area contributed by atoms with Crippen LogP contribution < -0.4 is 0 Å². The first-order chi connectivity index (χ1) is 9.82. The Labute approximate surface area is 141 Å². The van der Waals surface area contributed by atoms with Crippen molar-refractivity contribution in [2.45, 2.75) is 24.1 Å². The highest BCUT2D eigenvalue weighted by Gasteiger charge is 2.25. The molecule has 0 aliphatic rings. The van der Waals surface area contributed by atoms with E-state index in [-0.39, 0.29) is 0 Å². The van der Waals surface area contributed by atoms with Crippen molar-refractivity contribution in [3.05, 3.63) is 28.2 Å². The predicted octanol–water partition coefficient (Wildman–Crippen LogP) is 3.15. The topological polar surface area (TPSA) is 40.6 Å². The van der Waals surface area contributed by atoms with E-state index in [2.05, 4.69) is 15.9 Å². The maximum absolute atomic E-state index is 12.7. The van der Waals surface area contributed by atoms with Gasteiger partial charge in [0.05, 0.1) is 4.90 Å². The van der Waals surface area contributed by atoms with Crippen LogP contribution in [-0.4, -0.2) is 51.4 Å². The molecule has 120 valence electrons. The van der Waals surface area contributed by atoms with Gasteiger partial charge in [-0.3, -0.25) is 0 Å². The summed E-state index contributed by atoms with van der Waals surface area (Å²) < 4.78 is 27.5. The third-order valence-electron chi connectivity index (χ3n) is 3.13. The number of halogens is 2. The van der Waals surface area contributed by atoms with Crippen LogP contribution in [0.4, 0.5) is 0 Å². The Hall–Kier alpha value is -0.140. The summed E-state index contributed by atoms with van der Waals surface area (Å²) in [4.78, 5) is 2.34. The molecule has 0 saturated heterocycles.